The number of hydrogen-bond acceptors (Lipinski definition) is 0. The van der Waals surface area contributed by atoms with Crippen LogP contribution in [0, 0.1) is 6.92 Å². The lowest BCUT2D eigenvalue weighted by Crippen LogP contribution is -1.87. The molecule has 0 aliphatic rings. The fourth-order valence-electron chi connectivity index (χ4n) is 2.57. The molecule has 0 atom stereocenters. The molecule has 0 bridgehead atoms. The zero-order valence-corrected chi connectivity index (χ0v) is 11.2. The molecule has 0 radical (unpaired) electrons. The van der Waals surface area contributed by atoms with Gasteiger partial charge in [0.2, 0.25) is 0 Å². The first-order chi connectivity index (χ1) is 8.65. The third-order valence-corrected chi connectivity index (χ3v) is 3.68. The minimum Gasteiger partial charge on any atom is -0.0587 e. The van der Waals surface area contributed by atoms with Crippen LogP contribution in [0.5, 0.6) is 0 Å². The van der Waals surface area contributed by atoms with Gasteiger partial charge in [0.05, 0.1) is 0 Å². The lowest BCUT2D eigenvalue weighted by atomic mass is 9.95. The van der Waals surface area contributed by atoms with Crippen LogP contribution in [0.4, 0.5) is 0 Å². The maximum absolute atomic E-state index is 2.32. The lowest BCUT2D eigenvalue weighted by molar-refractivity contribution is 0.869. The van der Waals surface area contributed by atoms with E-state index in [0.29, 0.717) is 5.92 Å². The van der Waals surface area contributed by atoms with Crippen molar-refractivity contribution in [3.63, 3.8) is 0 Å². The van der Waals surface area contributed by atoms with Crippen LogP contribution in [0.3, 0.4) is 0 Å². The molecule has 3 aromatic carbocycles. The molecule has 0 amide bonds. The third-order valence-electron chi connectivity index (χ3n) is 3.68. The molecule has 0 aliphatic carbocycles. The van der Waals surface area contributed by atoms with Gasteiger partial charge in [-0.05, 0) is 39.9 Å². The molecule has 3 rings (SSSR count). The van der Waals surface area contributed by atoms with Gasteiger partial charge in [-0.1, -0.05) is 67.9 Å². The average Bonchev–Trinajstić information content (AvgIpc) is 2.37. The van der Waals surface area contributed by atoms with E-state index < -0.39 is 0 Å². The second-order valence-electron chi connectivity index (χ2n) is 5.43. The topological polar surface area (TPSA) is 0 Å². The Morgan fingerprint density at radius 1 is 0.722 bits per heavy atom. The maximum Gasteiger partial charge on any atom is -0.0105 e. The zero-order valence-electron chi connectivity index (χ0n) is 11.2. The Hall–Kier alpha value is -1.82. The zero-order chi connectivity index (χ0) is 12.7. The first-order valence-corrected chi connectivity index (χ1v) is 6.58. The van der Waals surface area contributed by atoms with Crippen LogP contribution in [-0.4, -0.2) is 0 Å². The molecule has 0 saturated heterocycles. The van der Waals surface area contributed by atoms with Crippen LogP contribution in [0.2, 0.25) is 0 Å². The van der Waals surface area contributed by atoms with Crippen molar-refractivity contribution in [1.29, 1.82) is 0 Å². The summed E-state index contributed by atoms with van der Waals surface area (Å²) in [5, 5.41) is 5.39. The number of fused-ring (bicyclic) bond motifs is 3. The van der Waals surface area contributed by atoms with Gasteiger partial charge in [0, 0.05) is 0 Å². The molecule has 0 heterocycles. The van der Waals surface area contributed by atoms with Crippen molar-refractivity contribution in [3.8, 4) is 0 Å². The molecule has 0 aromatic heterocycles. The normalized spacial score (nSPS) is 11.6. The van der Waals surface area contributed by atoms with Crippen molar-refractivity contribution < 1.29 is 0 Å². The Morgan fingerprint density at radius 2 is 1.33 bits per heavy atom. The van der Waals surface area contributed by atoms with Crippen molar-refractivity contribution in [2.75, 3.05) is 0 Å². The van der Waals surface area contributed by atoms with E-state index in [4.69, 9.17) is 0 Å². The molecular weight excluding hydrogens is 216 g/mol. The summed E-state index contributed by atoms with van der Waals surface area (Å²) in [5.41, 5.74) is 2.73. The summed E-state index contributed by atoms with van der Waals surface area (Å²) in [6.07, 6.45) is 0. The predicted molar refractivity (Wildman–Crippen MR) is 80.3 cm³/mol. The summed E-state index contributed by atoms with van der Waals surface area (Å²) in [7, 11) is 0. The average molecular weight is 234 g/mol. The number of benzene rings is 3. The molecular formula is C18H18. The Kier molecular flexibility index (Phi) is 2.59. The highest BCUT2D eigenvalue weighted by molar-refractivity contribution is 6.07. The third kappa shape index (κ3) is 1.78. The molecule has 3 aromatic rings. The highest BCUT2D eigenvalue weighted by Gasteiger charge is 2.04. The molecule has 0 spiro atoms. The smallest absolute Gasteiger partial charge is 0.0105 e. The summed E-state index contributed by atoms with van der Waals surface area (Å²) in [5.74, 6) is 0.586. The number of rotatable bonds is 1. The Morgan fingerprint density at radius 3 is 2.00 bits per heavy atom. The van der Waals surface area contributed by atoms with Crippen LogP contribution in [0.25, 0.3) is 21.5 Å². The first kappa shape index (κ1) is 11.3. The SMILES string of the molecule is Cc1ccc2c(ccc3cc(C(C)C)ccc32)c1. The molecule has 18 heavy (non-hydrogen) atoms. The highest BCUT2D eigenvalue weighted by Crippen LogP contribution is 2.28. The Balaban J connectivity index is 2.35. The van der Waals surface area contributed by atoms with E-state index in [1.807, 2.05) is 0 Å². The number of aryl methyl sites for hydroxylation is 1. The van der Waals surface area contributed by atoms with E-state index in [1.54, 1.807) is 0 Å². The van der Waals surface area contributed by atoms with Gasteiger partial charge in [0.15, 0.2) is 0 Å². The van der Waals surface area contributed by atoms with Gasteiger partial charge in [-0.25, -0.2) is 0 Å². The predicted octanol–water partition coefficient (Wildman–Crippen LogP) is 5.42. The molecule has 0 fully saturated rings. The van der Waals surface area contributed by atoms with Crippen molar-refractivity contribution >= 4 is 21.5 Å². The minimum absolute atomic E-state index is 0.586. The molecule has 0 heteroatoms. The second kappa shape index (κ2) is 4.13. The molecule has 0 aliphatic heterocycles. The van der Waals surface area contributed by atoms with Crippen molar-refractivity contribution in [2.24, 2.45) is 0 Å². The van der Waals surface area contributed by atoms with Gasteiger partial charge >= 0.3 is 0 Å². The Labute approximate surface area is 108 Å². The van der Waals surface area contributed by atoms with E-state index >= 15 is 0 Å². The van der Waals surface area contributed by atoms with Crippen molar-refractivity contribution in [1.82, 2.24) is 0 Å². The van der Waals surface area contributed by atoms with Gasteiger partial charge in [-0.3, -0.25) is 0 Å². The van der Waals surface area contributed by atoms with Gasteiger partial charge in [0.1, 0.15) is 0 Å². The van der Waals surface area contributed by atoms with Gasteiger partial charge in [0.25, 0.3) is 0 Å². The monoisotopic (exact) mass is 234 g/mol. The van der Waals surface area contributed by atoms with Crippen LogP contribution in [-0.2, 0) is 0 Å². The van der Waals surface area contributed by atoms with E-state index in [9.17, 15) is 0 Å². The quantitative estimate of drug-likeness (QED) is 0.493. The van der Waals surface area contributed by atoms with E-state index in [1.165, 1.54) is 32.7 Å². The lowest BCUT2D eigenvalue weighted by Gasteiger charge is -2.09. The van der Waals surface area contributed by atoms with Crippen molar-refractivity contribution in [3.05, 3.63) is 59.7 Å². The highest BCUT2D eigenvalue weighted by atomic mass is 14.1. The Bertz CT molecular complexity index is 721. The second-order valence-corrected chi connectivity index (χ2v) is 5.43. The largest absolute Gasteiger partial charge is 0.0587 e. The first-order valence-electron chi connectivity index (χ1n) is 6.58. The fourth-order valence-corrected chi connectivity index (χ4v) is 2.57. The number of hydrogen-bond donors (Lipinski definition) is 0. The van der Waals surface area contributed by atoms with Crippen LogP contribution < -0.4 is 0 Å². The molecule has 90 valence electrons. The van der Waals surface area contributed by atoms with E-state index in [0.717, 1.165) is 0 Å². The van der Waals surface area contributed by atoms with Gasteiger partial charge in [-0.2, -0.15) is 0 Å². The van der Waals surface area contributed by atoms with Crippen LogP contribution in [0.1, 0.15) is 30.9 Å². The standard InChI is InChI=1S/C18H18/c1-12(2)14-7-9-18-16(11-14)6-5-15-10-13(3)4-8-17(15)18/h4-12H,1-3H3. The summed E-state index contributed by atoms with van der Waals surface area (Å²) < 4.78 is 0. The minimum atomic E-state index is 0.586. The van der Waals surface area contributed by atoms with Crippen LogP contribution in [0.15, 0.2) is 48.5 Å². The van der Waals surface area contributed by atoms with Crippen molar-refractivity contribution in [2.45, 2.75) is 26.7 Å². The van der Waals surface area contributed by atoms with E-state index in [-0.39, 0.29) is 0 Å². The molecule has 0 unspecified atom stereocenters. The molecule has 0 N–H and O–H groups in total. The fraction of sp³-hybridized carbons (Fsp3) is 0.222. The molecule has 0 saturated carbocycles. The summed E-state index contributed by atoms with van der Waals surface area (Å²) in [6.45, 7) is 6.63. The summed E-state index contributed by atoms with van der Waals surface area (Å²) in [6, 6.07) is 18.0. The van der Waals surface area contributed by atoms with Gasteiger partial charge < -0.3 is 0 Å². The van der Waals surface area contributed by atoms with E-state index in [2.05, 4.69) is 69.3 Å². The van der Waals surface area contributed by atoms with Gasteiger partial charge in [-0.15, -0.1) is 0 Å². The summed E-state index contributed by atoms with van der Waals surface area (Å²) in [4.78, 5) is 0. The molecule has 0 nitrogen and oxygen atoms in total. The maximum atomic E-state index is 2.32. The van der Waals surface area contributed by atoms with Crippen LogP contribution >= 0.6 is 0 Å². The summed E-state index contributed by atoms with van der Waals surface area (Å²) >= 11 is 0.